The Labute approximate surface area is 220 Å². The molecular formula is C24H44CuN6O4. The van der Waals surface area contributed by atoms with Crippen molar-refractivity contribution in [2.45, 2.75) is 96.1 Å². The molecule has 0 spiro atoms. The third-order valence-electron chi connectivity index (χ3n) is 5.66. The first-order valence-corrected chi connectivity index (χ1v) is 12.7. The molecular weight excluding hydrogens is 500 g/mol. The van der Waals surface area contributed by atoms with Gasteiger partial charge in [0.05, 0.1) is 19.7 Å². The number of amides is 2. The second-order valence-corrected chi connectivity index (χ2v) is 8.67. The molecule has 11 heteroatoms. The van der Waals surface area contributed by atoms with E-state index < -0.39 is 29.9 Å². The topological polar surface area (TPSA) is 161 Å². The van der Waals surface area contributed by atoms with Crippen LogP contribution in [-0.2, 0) is 36.2 Å². The number of hydrogen-bond donors (Lipinski definition) is 4. The molecule has 1 aliphatic rings. The van der Waals surface area contributed by atoms with E-state index in [1.54, 1.807) is 0 Å². The van der Waals surface area contributed by atoms with E-state index in [4.69, 9.17) is 16.2 Å². The van der Waals surface area contributed by atoms with Crippen LogP contribution in [0.1, 0.15) is 84.0 Å². The maximum atomic E-state index is 13.0. The fraction of sp³-hybridized carbons (Fsp3) is 0.792. The Hall–Kier alpha value is -1.81. The molecule has 205 valence electrons. The van der Waals surface area contributed by atoms with Crippen LogP contribution in [0.5, 0.6) is 0 Å². The predicted molar refractivity (Wildman–Crippen MR) is 135 cm³/mol. The molecule has 0 aliphatic carbocycles. The third kappa shape index (κ3) is 15.7. The Morgan fingerprint density at radius 3 is 2.26 bits per heavy atom. The number of rotatable bonds is 20. The third-order valence-corrected chi connectivity index (χ3v) is 5.66. The van der Waals surface area contributed by atoms with Crippen molar-refractivity contribution in [2.75, 3.05) is 26.2 Å². The Bertz CT molecular complexity index is 674. The van der Waals surface area contributed by atoms with Crippen molar-refractivity contribution in [2.24, 2.45) is 21.5 Å². The fourth-order valence-corrected chi connectivity index (χ4v) is 3.65. The molecule has 2 amide bonds. The Morgan fingerprint density at radius 1 is 0.971 bits per heavy atom. The van der Waals surface area contributed by atoms with Crippen LogP contribution in [0.3, 0.4) is 0 Å². The van der Waals surface area contributed by atoms with Gasteiger partial charge in [0.2, 0.25) is 11.8 Å². The molecule has 35 heavy (non-hydrogen) atoms. The number of carbonyl (C=O) groups is 3. The molecule has 0 aromatic carbocycles. The average molecular weight is 544 g/mol. The largest absolute Gasteiger partial charge is 0.464 e. The zero-order chi connectivity index (χ0) is 25.0. The monoisotopic (exact) mass is 543 g/mol. The summed E-state index contributed by atoms with van der Waals surface area (Å²) in [4.78, 5) is 45.6. The van der Waals surface area contributed by atoms with Gasteiger partial charge in [-0.1, -0.05) is 51.9 Å². The number of unbranched alkanes of at least 4 members (excludes halogenated alkanes) is 8. The molecule has 0 unspecified atom stereocenters. The van der Waals surface area contributed by atoms with Crippen LogP contribution in [0.2, 0.25) is 0 Å². The molecule has 0 fully saturated rings. The van der Waals surface area contributed by atoms with Gasteiger partial charge >= 0.3 is 5.97 Å². The number of ether oxygens (including phenoxy) is 1. The summed E-state index contributed by atoms with van der Waals surface area (Å²) in [6, 6.07) is -1.69. The van der Waals surface area contributed by atoms with Crippen LogP contribution >= 0.6 is 0 Å². The number of nitrogens with zero attached hydrogens (tertiary/aromatic N) is 2. The Morgan fingerprint density at radius 2 is 1.66 bits per heavy atom. The fourth-order valence-electron chi connectivity index (χ4n) is 3.65. The first kappa shape index (κ1) is 33.2. The zero-order valence-electron chi connectivity index (χ0n) is 21.0. The maximum absolute atomic E-state index is 13.0. The van der Waals surface area contributed by atoms with Crippen molar-refractivity contribution in [1.29, 1.82) is 0 Å². The molecule has 0 bridgehead atoms. The summed E-state index contributed by atoms with van der Waals surface area (Å²) >= 11 is 0. The Balaban J connectivity index is 0.0000116. The van der Waals surface area contributed by atoms with E-state index in [1.807, 2.05) is 0 Å². The van der Waals surface area contributed by atoms with Crippen molar-refractivity contribution in [1.82, 2.24) is 10.6 Å². The number of aliphatic imine (C=N–C) groups is 2. The summed E-state index contributed by atoms with van der Waals surface area (Å²) in [7, 11) is 0. The molecule has 0 aromatic rings. The minimum absolute atomic E-state index is 0. The summed E-state index contributed by atoms with van der Waals surface area (Å²) in [6.07, 6.45) is 12.7. The molecule has 1 heterocycles. The van der Waals surface area contributed by atoms with Gasteiger partial charge in [-0.05, 0) is 32.2 Å². The van der Waals surface area contributed by atoms with Crippen LogP contribution in [0.15, 0.2) is 9.98 Å². The smallest absolute Gasteiger partial charge is 0.328 e. The van der Waals surface area contributed by atoms with Gasteiger partial charge in [0.1, 0.15) is 18.4 Å². The van der Waals surface area contributed by atoms with E-state index in [9.17, 15) is 14.4 Å². The van der Waals surface area contributed by atoms with E-state index in [0.717, 1.165) is 25.7 Å². The van der Waals surface area contributed by atoms with Gasteiger partial charge in [-0.2, -0.15) is 0 Å². The summed E-state index contributed by atoms with van der Waals surface area (Å²) < 4.78 is 5.46. The molecule has 10 nitrogen and oxygen atoms in total. The number of nitrogens with one attached hydrogen (secondary N) is 2. The number of hydrogen-bond acceptors (Lipinski definition) is 8. The van der Waals surface area contributed by atoms with Crippen molar-refractivity contribution >= 4 is 29.8 Å². The SMILES string of the molecule is CCCCCCCCCCOC(=O)[C@H](CCCCN)NC(=O)[C@H](CC1=NC=NC1)NC(=O)CN.[Cu]. The molecule has 0 saturated carbocycles. The molecule has 0 aromatic heterocycles. The molecule has 1 aliphatic heterocycles. The minimum Gasteiger partial charge on any atom is -0.464 e. The molecule has 0 saturated heterocycles. The van der Waals surface area contributed by atoms with Crippen LogP contribution in [0.25, 0.3) is 0 Å². The van der Waals surface area contributed by atoms with Gasteiger partial charge in [-0.3, -0.25) is 14.6 Å². The predicted octanol–water partition coefficient (Wildman–Crippen LogP) is 1.60. The van der Waals surface area contributed by atoms with Gasteiger partial charge in [-0.15, -0.1) is 0 Å². The van der Waals surface area contributed by atoms with Crippen LogP contribution in [0, 0.1) is 0 Å². The Kier molecular flexibility index (Phi) is 20.4. The standard InChI is InChI=1S/C24H44N6O4.Cu/c1-2-3-4-5-6-7-8-11-14-34-24(33)20(12-9-10-13-25)30-23(32)21(29-22(31)16-26)15-19-17-27-18-28-19;/h18,20-21H,2-17,25-26H2,1H3,(H,29,31)(H,30,32);/t20-,21-;/m0./s1. The summed E-state index contributed by atoms with van der Waals surface area (Å²) in [5.41, 5.74) is 11.6. The number of carbonyl (C=O) groups excluding carboxylic acids is 3. The van der Waals surface area contributed by atoms with Crippen molar-refractivity contribution < 1.29 is 36.2 Å². The summed E-state index contributed by atoms with van der Waals surface area (Å²) in [5, 5.41) is 5.36. The van der Waals surface area contributed by atoms with Gasteiger partial charge < -0.3 is 26.8 Å². The van der Waals surface area contributed by atoms with Crippen LogP contribution in [0.4, 0.5) is 0 Å². The molecule has 1 rings (SSSR count). The van der Waals surface area contributed by atoms with Crippen molar-refractivity contribution in [3.63, 3.8) is 0 Å². The zero-order valence-corrected chi connectivity index (χ0v) is 22.0. The normalized spacial score (nSPS) is 14.0. The van der Waals surface area contributed by atoms with Gasteiger partial charge in [0.15, 0.2) is 0 Å². The molecule has 6 N–H and O–H groups in total. The van der Waals surface area contributed by atoms with Crippen molar-refractivity contribution in [3.05, 3.63) is 0 Å². The number of esters is 1. The quantitative estimate of drug-likeness (QED) is 0.103. The summed E-state index contributed by atoms with van der Waals surface area (Å²) in [5.74, 6) is -1.39. The second-order valence-electron chi connectivity index (χ2n) is 8.67. The first-order valence-electron chi connectivity index (χ1n) is 12.7. The van der Waals surface area contributed by atoms with E-state index in [-0.39, 0.29) is 30.0 Å². The van der Waals surface area contributed by atoms with E-state index in [2.05, 4.69) is 27.5 Å². The summed E-state index contributed by atoms with van der Waals surface area (Å²) in [6.45, 7) is 3.17. The van der Waals surface area contributed by atoms with Crippen molar-refractivity contribution in [3.8, 4) is 0 Å². The van der Waals surface area contributed by atoms with E-state index >= 15 is 0 Å². The first-order chi connectivity index (χ1) is 16.5. The second kappa shape index (κ2) is 21.5. The van der Waals surface area contributed by atoms with Crippen LogP contribution in [-0.4, -0.2) is 68.2 Å². The van der Waals surface area contributed by atoms with E-state index in [1.165, 1.54) is 38.4 Å². The van der Waals surface area contributed by atoms with Crippen LogP contribution < -0.4 is 22.1 Å². The molecule has 2 atom stereocenters. The molecule has 1 radical (unpaired) electrons. The van der Waals surface area contributed by atoms with E-state index in [0.29, 0.717) is 38.2 Å². The maximum Gasteiger partial charge on any atom is 0.328 e. The minimum atomic E-state index is -0.894. The van der Waals surface area contributed by atoms with Gasteiger partial charge in [0, 0.05) is 29.2 Å². The average Bonchev–Trinajstić information content (AvgIpc) is 3.35. The van der Waals surface area contributed by atoms with Gasteiger partial charge in [0.25, 0.3) is 0 Å². The number of nitrogens with two attached hydrogens (primary N) is 2. The van der Waals surface area contributed by atoms with Gasteiger partial charge in [-0.25, -0.2) is 9.79 Å².